The van der Waals surface area contributed by atoms with E-state index in [4.69, 9.17) is 4.74 Å². The predicted octanol–water partition coefficient (Wildman–Crippen LogP) is 2.89. The van der Waals surface area contributed by atoms with E-state index in [1.165, 1.54) is 5.56 Å². The van der Waals surface area contributed by atoms with Crippen molar-refractivity contribution in [2.24, 2.45) is 4.99 Å². The monoisotopic (exact) mass is 510 g/mol. The fraction of sp³-hybridized carbons (Fsp3) is 0.364. The number of nitrogens with one attached hydrogen (secondary N) is 1. The summed E-state index contributed by atoms with van der Waals surface area (Å²) >= 11 is 0. The second-order valence-corrected chi connectivity index (χ2v) is 6.67. The number of hydrogen-bond acceptors (Lipinski definition) is 3. The van der Waals surface area contributed by atoms with Gasteiger partial charge in [0.05, 0.1) is 6.54 Å². The second-order valence-electron chi connectivity index (χ2n) is 6.67. The zero-order valence-electron chi connectivity index (χ0n) is 17.4. The summed E-state index contributed by atoms with van der Waals surface area (Å²) in [6.07, 6.45) is 0.885. The number of aliphatic imine (C=N–C) groups is 1. The summed E-state index contributed by atoms with van der Waals surface area (Å²) in [5, 5.41) is 3.36. The summed E-state index contributed by atoms with van der Waals surface area (Å²) in [7, 11) is 5.42. The average molecular weight is 510 g/mol. The number of ether oxygens (including phenoxy) is 1. The standard InChI is InChI=1S/C22H30N4O2.HI/c1-25(2)21(27)18-24-22(23-15-14-19-10-6-4-7-11-19)26(3)16-17-28-20-12-8-5-9-13-20;/h4-13H,14-18H2,1-3H3,(H,23,24);1H. The molecule has 2 rings (SSSR count). The Morgan fingerprint density at radius 2 is 1.62 bits per heavy atom. The molecule has 0 fully saturated rings. The Kier molecular flexibility index (Phi) is 11.8. The molecule has 2 aromatic rings. The maximum absolute atomic E-state index is 11.9. The van der Waals surface area contributed by atoms with Crippen LogP contribution in [0.2, 0.25) is 0 Å². The number of carbonyl (C=O) groups is 1. The van der Waals surface area contributed by atoms with Gasteiger partial charge in [-0.1, -0.05) is 48.5 Å². The third-order valence-electron chi connectivity index (χ3n) is 4.20. The number of rotatable bonds is 9. The minimum absolute atomic E-state index is 0. The molecule has 0 spiro atoms. The Balaban J connectivity index is 0.00000420. The minimum Gasteiger partial charge on any atom is -0.492 e. The summed E-state index contributed by atoms with van der Waals surface area (Å²) in [4.78, 5) is 19.9. The Morgan fingerprint density at radius 1 is 1.00 bits per heavy atom. The van der Waals surface area contributed by atoms with E-state index < -0.39 is 0 Å². The quantitative estimate of drug-likeness (QED) is 0.320. The smallest absolute Gasteiger partial charge is 0.243 e. The predicted molar refractivity (Wildman–Crippen MR) is 129 cm³/mol. The lowest BCUT2D eigenvalue weighted by Gasteiger charge is -2.23. The van der Waals surface area contributed by atoms with Crippen LogP contribution in [0.15, 0.2) is 65.7 Å². The highest BCUT2D eigenvalue weighted by atomic mass is 127. The van der Waals surface area contributed by atoms with Gasteiger partial charge in [0.15, 0.2) is 5.96 Å². The van der Waals surface area contributed by atoms with Crippen LogP contribution >= 0.6 is 24.0 Å². The van der Waals surface area contributed by atoms with E-state index in [1.54, 1.807) is 19.0 Å². The lowest BCUT2D eigenvalue weighted by Crippen LogP contribution is -2.42. The van der Waals surface area contributed by atoms with Crippen molar-refractivity contribution in [3.8, 4) is 5.75 Å². The second kappa shape index (κ2) is 13.8. The molecule has 7 heteroatoms. The number of halogens is 1. The van der Waals surface area contributed by atoms with Gasteiger partial charge in [-0.15, -0.1) is 24.0 Å². The Labute approximate surface area is 191 Å². The summed E-state index contributed by atoms with van der Waals surface area (Å²) < 4.78 is 5.76. The maximum atomic E-state index is 11.9. The lowest BCUT2D eigenvalue weighted by atomic mass is 10.1. The van der Waals surface area contributed by atoms with Crippen LogP contribution in [0.5, 0.6) is 5.75 Å². The van der Waals surface area contributed by atoms with E-state index in [2.05, 4.69) is 22.4 Å². The topological polar surface area (TPSA) is 57.2 Å². The van der Waals surface area contributed by atoms with Crippen molar-refractivity contribution in [2.45, 2.75) is 6.42 Å². The Bertz CT molecular complexity index is 739. The van der Waals surface area contributed by atoms with Gasteiger partial charge in [0, 0.05) is 27.7 Å². The van der Waals surface area contributed by atoms with Crippen molar-refractivity contribution in [2.75, 3.05) is 47.4 Å². The van der Waals surface area contributed by atoms with Crippen molar-refractivity contribution in [3.05, 3.63) is 66.2 Å². The highest BCUT2D eigenvalue weighted by molar-refractivity contribution is 14.0. The van der Waals surface area contributed by atoms with Gasteiger partial charge < -0.3 is 19.9 Å². The fourth-order valence-electron chi connectivity index (χ4n) is 2.48. The van der Waals surface area contributed by atoms with Crippen LogP contribution in [0.1, 0.15) is 5.56 Å². The molecule has 0 atom stereocenters. The number of hydrogen-bond donors (Lipinski definition) is 1. The molecule has 0 aliphatic heterocycles. The number of likely N-dealkylation sites (N-methyl/N-ethyl adjacent to an activating group) is 2. The van der Waals surface area contributed by atoms with Gasteiger partial charge >= 0.3 is 0 Å². The lowest BCUT2D eigenvalue weighted by molar-refractivity contribution is -0.127. The molecular formula is C22H31IN4O2. The first-order chi connectivity index (χ1) is 13.6. The van der Waals surface area contributed by atoms with Crippen molar-refractivity contribution in [1.82, 2.24) is 15.1 Å². The molecule has 0 heterocycles. The maximum Gasteiger partial charge on any atom is 0.243 e. The first-order valence-electron chi connectivity index (χ1n) is 9.47. The van der Waals surface area contributed by atoms with Crippen LogP contribution < -0.4 is 10.1 Å². The molecule has 2 aromatic carbocycles. The van der Waals surface area contributed by atoms with E-state index in [9.17, 15) is 4.79 Å². The SMILES string of the molecule is CN(C)C(=O)CN=C(NCCc1ccccc1)N(C)CCOc1ccccc1.I. The molecule has 0 aliphatic rings. The molecule has 0 saturated heterocycles. The third-order valence-corrected chi connectivity index (χ3v) is 4.20. The summed E-state index contributed by atoms with van der Waals surface area (Å²) in [6, 6.07) is 20.0. The van der Waals surface area contributed by atoms with Crippen LogP contribution in [0, 0.1) is 0 Å². The number of amides is 1. The van der Waals surface area contributed by atoms with Crippen LogP contribution in [0.3, 0.4) is 0 Å². The number of para-hydroxylation sites is 1. The van der Waals surface area contributed by atoms with E-state index in [0.717, 1.165) is 18.7 Å². The van der Waals surface area contributed by atoms with Crippen LogP contribution in [0.25, 0.3) is 0 Å². The van der Waals surface area contributed by atoms with Gasteiger partial charge in [-0.2, -0.15) is 0 Å². The summed E-state index contributed by atoms with van der Waals surface area (Å²) in [5.41, 5.74) is 1.26. The average Bonchev–Trinajstić information content (AvgIpc) is 2.71. The first-order valence-corrected chi connectivity index (χ1v) is 9.47. The molecule has 0 bridgehead atoms. The highest BCUT2D eigenvalue weighted by Crippen LogP contribution is 2.07. The molecule has 0 aromatic heterocycles. The Morgan fingerprint density at radius 3 is 2.24 bits per heavy atom. The van der Waals surface area contributed by atoms with E-state index in [0.29, 0.717) is 19.1 Å². The number of carbonyl (C=O) groups excluding carboxylic acids is 1. The molecule has 0 radical (unpaired) electrons. The zero-order chi connectivity index (χ0) is 20.2. The summed E-state index contributed by atoms with van der Waals surface area (Å²) in [6.45, 7) is 2.04. The third kappa shape index (κ3) is 9.65. The molecular weight excluding hydrogens is 479 g/mol. The summed E-state index contributed by atoms with van der Waals surface area (Å²) in [5.74, 6) is 1.51. The fourth-order valence-corrected chi connectivity index (χ4v) is 2.48. The minimum atomic E-state index is -0.0312. The van der Waals surface area contributed by atoms with Crippen molar-refractivity contribution in [1.29, 1.82) is 0 Å². The molecule has 0 saturated carbocycles. The van der Waals surface area contributed by atoms with Crippen LogP contribution in [0.4, 0.5) is 0 Å². The van der Waals surface area contributed by atoms with Gasteiger partial charge in [0.2, 0.25) is 5.91 Å². The largest absolute Gasteiger partial charge is 0.492 e. The number of nitrogens with zero attached hydrogens (tertiary/aromatic N) is 3. The van der Waals surface area contributed by atoms with Crippen LogP contribution in [-0.2, 0) is 11.2 Å². The normalized spacial score (nSPS) is 10.7. The van der Waals surface area contributed by atoms with E-state index in [1.807, 2.05) is 60.5 Å². The highest BCUT2D eigenvalue weighted by Gasteiger charge is 2.09. The first kappa shape index (κ1) is 24.7. The van der Waals surface area contributed by atoms with Gasteiger partial charge in [-0.05, 0) is 24.1 Å². The molecule has 158 valence electrons. The number of benzene rings is 2. The van der Waals surface area contributed by atoms with Crippen LogP contribution in [-0.4, -0.2) is 69.1 Å². The van der Waals surface area contributed by atoms with Gasteiger partial charge in [0.25, 0.3) is 0 Å². The van der Waals surface area contributed by atoms with Gasteiger partial charge in [-0.25, -0.2) is 4.99 Å². The Hall–Kier alpha value is -2.29. The number of guanidine groups is 1. The molecule has 1 amide bonds. The zero-order valence-corrected chi connectivity index (χ0v) is 19.7. The van der Waals surface area contributed by atoms with Gasteiger partial charge in [-0.3, -0.25) is 4.79 Å². The molecule has 6 nitrogen and oxygen atoms in total. The van der Waals surface area contributed by atoms with Crippen molar-refractivity contribution >= 4 is 35.8 Å². The molecule has 0 aliphatic carbocycles. The molecule has 29 heavy (non-hydrogen) atoms. The van der Waals surface area contributed by atoms with Crippen molar-refractivity contribution in [3.63, 3.8) is 0 Å². The molecule has 0 unspecified atom stereocenters. The van der Waals surface area contributed by atoms with E-state index >= 15 is 0 Å². The van der Waals surface area contributed by atoms with Crippen molar-refractivity contribution < 1.29 is 9.53 Å². The molecule has 1 N–H and O–H groups in total. The van der Waals surface area contributed by atoms with E-state index in [-0.39, 0.29) is 36.4 Å². The van der Waals surface area contributed by atoms with Gasteiger partial charge in [0.1, 0.15) is 18.9 Å².